The second-order valence-electron chi connectivity index (χ2n) is 4.06. The molecule has 0 amide bonds. The number of aromatic nitrogens is 6. The lowest BCUT2D eigenvalue weighted by Crippen LogP contribution is -2.16. The van der Waals surface area contributed by atoms with Crippen molar-refractivity contribution < 1.29 is 9.53 Å². The van der Waals surface area contributed by atoms with Crippen molar-refractivity contribution in [3.8, 4) is 0 Å². The smallest absolute Gasteiger partial charge is 0.360 e. The molecule has 0 atom stereocenters. The third-order valence-electron chi connectivity index (χ3n) is 2.88. The molecular formula is C11H17N7O2. The number of nitrogens with zero attached hydrogens (tertiary/aromatic N) is 6. The summed E-state index contributed by atoms with van der Waals surface area (Å²) in [6.45, 7) is 3.45. The lowest BCUT2D eigenvalue weighted by Gasteiger charge is -2.07. The monoisotopic (exact) mass is 279 g/mol. The third kappa shape index (κ3) is 2.67. The SMILES string of the molecule is CCn1ncnc1Cn1nnc(C(=O)OC)c1CCN. The molecule has 2 heterocycles. The Bertz CT molecular complexity index is 589. The average Bonchev–Trinajstić information content (AvgIpc) is 3.06. The van der Waals surface area contributed by atoms with Crippen LogP contribution in [-0.2, 0) is 24.2 Å². The Morgan fingerprint density at radius 1 is 1.45 bits per heavy atom. The maximum atomic E-state index is 11.6. The van der Waals surface area contributed by atoms with Gasteiger partial charge in [-0.25, -0.2) is 19.1 Å². The summed E-state index contributed by atoms with van der Waals surface area (Å²) in [5, 5.41) is 11.9. The van der Waals surface area contributed by atoms with E-state index in [4.69, 9.17) is 5.73 Å². The molecule has 20 heavy (non-hydrogen) atoms. The number of carbonyl (C=O) groups excluding carboxylic acids is 1. The zero-order chi connectivity index (χ0) is 14.5. The van der Waals surface area contributed by atoms with Crippen LogP contribution in [-0.4, -0.2) is 49.4 Å². The molecule has 0 saturated heterocycles. The zero-order valence-electron chi connectivity index (χ0n) is 11.5. The highest BCUT2D eigenvalue weighted by Crippen LogP contribution is 2.09. The number of methoxy groups -OCH3 is 1. The first kappa shape index (κ1) is 14.1. The molecule has 0 aliphatic rings. The number of hydrogen-bond acceptors (Lipinski definition) is 7. The van der Waals surface area contributed by atoms with E-state index in [0.29, 0.717) is 31.7 Å². The predicted octanol–water partition coefficient (Wildman–Crippen LogP) is -0.774. The standard InChI is InChI=1S/C11H17N7O2/c1-3-17-9(13-7-14-17)6-18-8(4-5-12)10(15-16-18)11(19)20-2/h7H,3-6,12H2,1-2H3. The Kier molecular flexibility index (Phi) is 4.41. The quantitative estimate of drug-likeness (QED) is 0.690. The van der Waals surface area contributed by atoms with Gasteiger partial charge in [0, 0.05) is 13.0 Å². The van der Waals surface area contributed by atoms with Crippen LogP contribution in [0, 0.1) is 0 Å². The summed E-state index contributed by atoms with van der Waals surface area (Å²) >= 11 is 0. The molecule has 0 aliphatic carbocycles. The molecular weight excluding hydrogens is 262 g/mol. The fraction of sp³-hybridized carbons (Fsp3) is 0.545. The van der Waals surface area contributed by atoms with Crippen LogP contribution in [0.1, 0.15) is 28.9 Å². The van der Waals surface area contributed by atoms with E-state index in [9.17, 15) is 4.79 Å². The van der Waals surface area contributed by atoms with Crippen molar-refractivity contribution in [1.29, 1.82) is 0 Å². The molecule has 2 N–H and O–H groups in total. The molecule has 0 spiro atoms. The summed E-state index contributed by atoms with van der Waals surface area (Å²) in [5.74, 6) is 0.226. The Balaban J connectivity index is 2.32. The molecule has 0 aromatic carbocycles. The third-order valence-corrected chi connectivity index (χ3v) is 2.88. The summed E-state index contributed by atoms with van der Waals surface area (Å²) < 4.78 is 8.05. The summed E-state index contributed by atoms with van der Waals surface area (Å²) in [7, 11) is 1.31. The molecule has 9 nitrogen and oxygen atoms in total. The summed E-state index contributed by atoms with van der Waals surface area (Å²) in [6, 6.07) is 0. The molecule has 108 valence electrons. The van der Waals surface area contributed by atoms with Crippen LogP contribution < -0.4 is 5.73 Å². The van der Waals surface area contributed by atoms with Gasteiger partial charge in [0.25, 0.3) is 0 Å². The number of esters is 1. The molecule has 0 saturated carbocycles. The fourth-order valence-electron chi connectivity index (χ4n) is 1.91. The fourth-order valence-corrected chi connectivity index (χ4v) is 1.91. The highest BCUT2D eigenvalue weighted by molar-refractivity contribution is 5.88. The van der Waals surface area contributed by atoms with Crippen molar-refractivity contribution in [3.63, 3.8) is 0 Å². The van der Waals surface area contributed by atoms with Gasteiger partial charge >= 0.3 is 5.97 Å². The molecule has 0 bridgehead atoms. The van der Waals surface area contributed by atoms with Gasteiger partial charge in [-0.3, -0.25) is 0 Å². The van der Waals surface area contributed by atoms with E-state index < -0.39 is 5.97 Å². The Morgan fingerprint density at radius 2 is 2.25 bits per heavy atom. The number of rotatable bonds is 6. The lowest BCUT2D eigenvalue weighted by atomic mass is 10.2. The van der Waals surface area contributed by atoms with Crippen LogP contribution in [0.15, 0.2) is 6.33 Å². The average molecular weight is 279 g/mol. The van der Waals surface area contributed by atoms with Gasteiger partial charge in [-0.1, -0.05) is 5.21 Å². The molecule has 2 aromatic heterocycles. The van der Waals surface area contributed by atoms with Gasteiger partial charge in [0.05, 0.1) is 12.8 Å². The van der Waals surface area contributed by atoms with Crippen molar-refractivity contribution in [2.45, 2.75) is 26.4 Å². The van der Waals surface area contributed by atoms with Crippen molar-refractivity contribution >= 4 is 5.97 Å². The Hall–Kier alpha value is -2.29. The van der Waals surface area contributed by atoms with E-state index in [-0.39, 0.29) is 5.69 Å². The Labute approximate surface area is 115 Å². The summed E-state index contributed by atoms with van der Waals surface area (Å²) in [5.41, 5.74) is 6.41. The zero-order valence-corrected chi connectivity index (χ0v) is 11.5. The van der Waals surface area contributed by atoms with Gasteiger partial charge in [-0.2, -0.15) is 5.10 Å². The summed E-state index contributed by atoms with van der Waals surface area (Å²) in [6.07, 6.45) is 1.97. The Morgan fingerprint density at radius 3 is 2.90 bits per heavy atom. The number of hydrogen-bond donors (Lipinski definition) is 1. The highest BCUT2D eigenvalue weighted by atomic mass is 16.5. The van der Waals surface area contributed by atoms with Crippen LogP contribution in [0.2, 0.25) is 0 Å². The van der Waals surface area contributed by atoms with Crippen molar-refractivity contribution in [3.05, 3.63) is 23.5 Å². The van der Waals surface area contributed by atoms with Crippen molar-refractivity contribution in [2.24, 2.45) is 5.73 Å². The van der Waals surface area contributed by atoms with E-state index in [0.717, 1.165) is 5.82 Å². The predicted molar refractivity (Wildman–Crippen MR) is 68.9 cm³/mol. The molecule has 2 aromatic rings. The van der Waals surface area contributed by atoms with Crippen LogP contribution in [0.3, 0.4) is 0 Å². The maximum Gasteiger partial charge on any atom is 0.360 e. The molecule has 0 aliphatic heterocycles. The second kappa shape index (κ2) is 6.24. The summed E-state index contributed by atoms with van der Waals surface area (Å²) in [4.78, 5) is 15.8. The second-order valence-corrected chi connectivity index (χ2v) is 4.06. The minimum absolute atomic E-state index is 0.195. The van der Waals surface area contributed by atoms with Gasteiger partial charge in [-0.05, 0) is 13.5 Å². The number of ether oxygens (including phenoxy) is 1. The van der Waals surface area contributed by atoms with Gasteiger partial charge < -0.3 is 10.5 Å². The van der Waals surface area contributed by atoms with Crippen LogP contribution in [0.25, 0.3) is 0 Å². The minimum Gasteiger partial charge on any atom is -0.464 e. The first-order valence-corrected chi connectivity index (χ1v) is 6.28. The topological polar surface area (TPSA) is 114 Å². The van der Waals surface area contributed by atoms with Crippen LogP contribution >= 0.6 is 0 Å². The largest absolute Gasteiger partial charge is 0.464 e. The van der Waals surface area contributed by atoms with Crippen molar-refractivity contribution in [1.82, 2.24) is 29.8 Å². The first-order valence-electron chi connectivity index (χ1n) is 6.28. The number of nitrogens with two attached hydrogens (primary N) is 1. The number of carbonyl (C=O) groups is 1. The van der Waals surface area contributed by atoms with E-state index in [1.54, 1.807) is 9.36 Å². The molecule has 0 radical (unpaired) electrons. The molecule has 0 unspecified atom stereocenters. The molecule has 9 heteroatoms. The molecule has 0 fully saturated rings. The molecule has 2 rings (SSSR count). The minimum atomic E-state index is -0.517. The van der Waals surface area contributed by atoms with E-state index in [1.807, 2.05) is 6.92 Å². The highest BCUT2D eigenvalue weighted by Gasteiger charge is 2.20. The van der Waals surface area contributed by atoms with Gasteiger partial charge in [0.15, 0.2) is 5.69 Å². The first-order chi connectivity index (χ1) is 9.71. The van der Waals surface area contributed by atoms with Gasteiger partial charge in [0.2, 0.25) is 0 Å². The lowest BCUT2D eigenvalue weighted by molar-refractivity contribution is 0.0592. The van der Waals surface area contributed by atoms with E-state index >= 15 is 0 Å². The number of aryl methyl sites for hydroxylation is 1. The van der Waals surface area contributed by atoms with E-state index in [2.05, 4.69) is 25.1 Å². The van der Waals surface area contributed by atoms with Crippen molar-refractivity contribution in [2.75, 3.05) is 13.7 Å². The van der Waals surface area contributed by atoms with E-state index in [1.165, 1.54) is 13.4 Å². The van der Waals surface area contributed by atoms with Gasteiger partial charge in [-0.15, -0.1) is 5.10 Å². The van der Waals surface area contributed by atoms with Gasteiger partial charge in [0.1, 0.15) is 18.7 Å². The van der Waals surface area contributed by atoms with Crippen LogP contribution in [0.5, 0.6) is 0 Å². The maximum absolute atomic E-state index is 11.6. The normalized spacial score (nSPS) is 10.8. The van der Waals surface area contributed by atoms with Crippen LogP contribution in [0.4, 0.5) is 0 Å².